The maximum atomic E-state index is 5.51. The third-order valence-corrected chi connectivity index (χ3v) is 2.07. The Hall–Kier alpha value is -1.29. The molecule has 0 fully saturated rings. The lowest BCUT2D eigenvalue weighted by molar-refractivity contribution is 0.305. The van der Waals surface area contributed by atoms with Gasteiger partial charge >= 0.3 is 0 Å². The Bertz CT molecular complexity index is 290. The maximum Gasteiger partial charge on any atom is 0.171 e. The van der Waals surface area contributed by atoms with E-state index in [0.29, 0.717) is 6.54 Å². The van der Waals surface area contributed by atoms with Gasteiger partial charge < -0.3 is 15.4 Å². The number of nitrogens with zero attached hydrogens (tertiary/aromatic N) is 2. The Morgan fingerprint density at radius 2 is 2.54 bits per heavy atom. The lowest BCUT2D eigenvalue weighted by Crippen LogP contribution is -2.37. The third-order valence-electron chi connectivity index (χ3n) is 2.07. The van der Waals surface area contributed by atoms with E-state index in [0.717, 1.165) is 31.3 Å². The molecule has 4 heteroatoms. The summed E-state index contributed by atoms with van der Waals surface area (Å²) in [5.41, 5.74) is 5.51. The van der Waals surface area contributed by atoms with E-state index in [9.17, 15) is 0 Å². The molecule has 1 aromatic heterocycles. The second-order valence-corrected chi connectivity index (χ2v) is 2.95. The third kappa shape index (κ3) is 1.58. The molecule has 13 heavy (non-hydrogen) atoms. The Labute approximate surface area is 77.3 Å². The van der Waals surface area contributed by atoms with Crippen LogP contribution in [0.2, 0.25) is 0 Å². The molecule has 70 valence electrons. The normalized spacial score (nSPS) is 15.0. The van der Waals surface area contributed by atoms with E-state index in [-0.39, 0.29) is 0 Å². The fraction of sp³-hybridized carbons (Fsp3) is 0.444. The first kappa shape index (κ1) is 8.31. The predicted octanol–water partition coefficient (Wildman–Crippen LogP) is 0.239. The number of hydrogen-bond acceptors (Lipinski definition) is 4. The van der Waals surface area contributed by atoms with Crippen LogP contribution in [0.25, 0.3) is 0 Å². The molecule has 0 aliphatic carbocycles. The van der Waals surface area contributed by atoms with E-state index >= 15 is 0 Å². The van der Waals surface area contributed by atoms with E-state index in [1.165, 1.54) is 0 Å². The van der Waals surface area contributed by atoms with Gasteiger partial charge in [0.2, 0.25) is 0 Å². The van der Waals surface area contributed by atoms with E-state index in [1.54, 1.807) is 6.20 Å². The van der Waals surface area contributed by atoms with Gasteiger partial charge in [0, 0.05) is 19.3 Å². The topological polar surface area (TPSA) is 51.4 Å². The zero-order chi connectivity index (χ0) is 9.10. The SMILES string of the molecule is NCCN1CCOc2cccnc21. The highest BCUT2D eigenvalue weighted by atomic mass is 16.5. The Morgan fingerprint density at radius 3 is 3.38 bits per heavy atom. The summed E-state index contributed by atoms with van der Waals surface area (Å²) in [5, 5.41) is 0. The number of anilines is 1. The van der Waals surface area contributed by atoms with Crippen molar-refractivity contribution >= 4 is 5.82 Å². The highest BCUT2D eigenvalue weighted by molar-refractivity contribution is 5.53. The molecule has 0 aromatic carbocycles. The van der Waals surface area contributed by atoms with Crippen molar-refractivity contribution in [3.8, 4) is 5.75 Å². The summed E-state index contributed by atoms with van der Waals surface area (Å²) in [5.74, 6) is 1.78. The van der Waals surface area contributed by atoms with Crippen molar-refractivity contribution in [2.75, 3.05) is 31.1 Å². The summed E-state index contributed by atoms with van der Waals surface area (Å²) in [7, 11) is 0. The molecule has 1 aliphatic rings. The summed E-state index contributed by atoms with van der Waals surface area (Å²) in [6.07, 6.45) is 1.77. The van der Waals surface area contributed by atoms with Crippen molar-refractivity contribution in [2.24, 2.45) is 5.73 Å². The number of aromatic nitrogens is 1. The van der Waals surface area contributed by atoms with Gasteiger partial charge in [0.05, 0.1) is 6.54 Å². The highest BCUT2D eigenvalue weighted by Crippen LogP contribution is 2.27. The van der Waals surface area contributed by atoms with Crippen LogP contribution in [0.15, 0.2) is 18.3 Å². The van der Waals surface area contributed by atoms with Gasteiger partial charge in [-0.3, -0.25) is 0 Å². The number of pyridine rings is 1. The van der Waals surface area contributed by atoms with Crippen LogP contribution >= 0.6 is 0 Å². The lowest BCUT2D eigenvalue weighted by Gasteiger charge is -2.29. The Kier molecular flexibility index (Phi) is 2.31. The molecule has 0 spiro atoms. The fourth-order valence-corrected chi connectivity index (χ4v) is 1.48. The standard InChI is InChI=1S/C9H13N3O/c10-3-5-12-6-7-13-8-2-1-4-11-9(8)12/h1-2,4H,3,5-7,10H2. The van der Waals surface area contributed by atoms with Gasteiger partial charge in [0.1, 0.15) is 6.61 Å². The predicted molar refractivity (Wildman–Crippen MR) is 51.0 cm³/mol. The number of ether oxygens (including phenoxy) is 1. The molecule has 0 bridgehead atoms. The van der Waals surface area contributed by atoms with Gasteiger partial charge in [-0.05, 0) is 12.1 Å². The molecule has 1 aromatic rings. The van der Waals surface area contributed by atoms with Crippen molar-refractivity contribution in [1.29, 1.82) is 0 Å². The molecule has 0 atom stereocenters. The van der Waals surface area contributed by atoms with Gasteiger partial charge in [-0.15, -0.1) is 0 Å². The first-order valence-electron chi connectivity index (χ1n) is 4.44. The second-order valence-electron chi connectivity index (χ2n) is 2.95. The zero-order valence-electron chi connectivity index (χ0n) is 7.44. The molecule has 0 saturated carbocycles. The summed E-state index contributed by atoms with van der Waals surface area (Å²) in [4.78, 5) is 6.42. The van der Waals surface area contributed by atoms with Crippen LogP contribution in [0, 0.1) is 0 Å². The molecule has 1 aliphatic heterocycles. The molecule has 2 N–H and O–H groups in total. The van der Waals surface area contributed by atoms with Crippen LogP contribution in [0.1, 0.15) is 0 Å². The number of hydrogen-bond donors (Lipinski definition) is 1. The smallest absolute Gasteiger partial charge is 0.171 e. The van der Waals surface area contributed by atoms with Crippen LogP contribution in [0.4, 0.5) is 5.82 Å². The highest BCUT2D eigenvalue weighted by Gasteiger charge is 2.17. The minimum absolute atomic E-state index is 0.649. The van der Waals surface area contributed by atoms with Gasteiger partial charge in [0.15, 0.2) is 11.6 Å². The average molecular weight is 179 g/mol. The van der Waals surface area contributed by atoms with Crippen molar-refractivity contribution in [2.45, 2.75) is 0 Å². The lowest BCUT2D eigenvalue weighted by atomic mass is 10.3. The summed E-state index contributed by atoms with van der Waals surface area (Å²) < 4.78 is 5.46. The van der Waals surface area contributed by atoms with Crippen LogP contribution in [0.5, 0.6) is 5.75 Å². The van der Waals surface area contributed by atoms with Crippen molar-refractivity contribution in [3.63, 3.8) is 0 Å². The molecule has 0 saturated heterocycles. The average Bonchev–Trinajstić information content (AvgIpc) is 2.19. The van der Waals surface area contributed by atoms with Crippen LogP contribution < -0.4 is 15.4 Å². The van der Waals surface area contributed by atoms with E-state index in [1.807, 2.05) is 12.1 Å². The first-order valence-corrected chi connectivity index (χ1v) is 4.44. The monoisotopic (exact) mass is 179 g/mol. The molecular weight excluding hydrogens is 166 g/mol. The minimum atomic E-state index is 0.649. The van der Waals surface area contributed by atoms with Crippen LogP contribution in [-0.2, 0) is 0 Å². The van der Waals surface area contributed by atoms with Crippen molar-refractivity contribution in [3.05, 3.63) is 18.3 Å². The molecule has 0 radical (unpaired) electrons. The molecule has 0 amide bonds. The largest absolute Gasteiger partial charge is 0.488 e. The van der Waals surface area contributed by atoms with Crippen molar-refractivity contribution < 1.29 is 4.74 Å². The summed E-state index contributed by atoms with van der Waals surface area (Å²) in [6, 6.07) is 3.82. The molecule has 4 nitrogen and oxygen atoms in total. The van der Waals surface area contributed by atoms with E-state index in [4.69, 9.17) is 10.5 Å². The molecule has 2 heterocycles. The Morgan fingerprint density at radius 1 is 1.62 bits per heavy atom. The second kappa shape index (κ2) is 3.62. The molecule has 0 unspecified atom stereocenters. The van der Waals surface area contributed by atoms with Gasteiger partial charge in [-0.25, -0.2) is 4.98 Å². The van der Waals surface area contributed by atoms with Gasteiger partial charge in [-0.2, -0.15) is 0 Å². The fourth-order valence-electron chi connectivity index (χ4n) is 1.48. The quantitative estimate of drug-likeness (QED) is 0.706. The van der Waals surface area contributed by atoms with E-state index in [2.05, 4.69) is 9.88 Å². The molecule has 2 rings (SSSR count). The van der Waals surface area contributed by atoms with Gasteiger partial charge in [-0.1, -0.05) is 0 Å². The molecular formula is C9H13N3O. The summed E-state index contributed by atoms with van der Waals surface area (Å²) >= 11 is 0. The van der Waals surface area contributed by atoms with E-state index < -0.39 is 0 Å². The van der Waals surface area contributed by atoms with Crippen LogP contribution in [-0.4, -0.2) is 31.2 Å². The number of fused-ring (bicyclic) bond motifs is 1. The Balaban J connectivity index is 2.26. The number of rotatable bonds is 2. The van der Waals surface area contributed by atoms with Gasteiger partial charge in [0.25, 0.3) is 0 Å². The summed E-state index contributed by atoms with van der Waals surface area (Å²) in [6.45, 7) is 3.09. The van der Waals surface area contributed by atoms with Crippen LogP contribution in [0.3, 0.4) is 0 Å². The number of nitrogens with two attached hydrogens (primary N) is 1. The van der Waals surface area contributed by atoms with Crippen molar-refractivity contribution in [1.82, 2.24) is 4.98 Å². The zero-order valence-corrected chi connectivity index (χ0v) is 7.44. The first-order chi connectivity index (χ1) is 6.42. The minimum Gasteiger partial charge on any atom is -0.488 e. The maximum absolute atomic E-state index is 5.51.